The number of benzene rings is 1. The van der Waals surface area contributed by atoms with Crippen molar-refractivity contribution in [1.29, 1.82) is 0 Å². The molecule has 110 valence electrons. The molecule has 0 spiro atoms. The molecule has 1 aromatic carbocycles. The zero-order valence-electron chi connectivity index (χ0n) is 11.6. The monoisotopic (exact) mass is 291 g/mol. The Kier molecular flexibility index (Phi) is 4.32. The third kappa shape index (κ3) is 3.25. The van der Waals surface area contributed by atoms with Gasteiger partial charge in [-0.2, -0.15) is 0 Å². The average molecular weight is 291 g/mol. The Bertz CT molecular complexity index is 677. The first-order valence-corrected chi connectivity index (χ1v) is 6.19. The minimum Gasteiger partial charge on any atom is -0.481 e. The van der Waals surface area contributed by atoms with E-state index in [9.17, 15) is 14.5 Å². The van der Waals surface area contributed by atoms with Gasteiger partial charge in [0.2, 0.25) is 5.88 Å². The molecule has 0 atom stereocenters. The predicted molar refractivity (Wildman–Crippen MR) is 75.9 cm³/mol. The first-order chi connectivity index (χ1) is 10.0. The summed E-state index contributed by atoms with van der Waals surface area (Å²) in [6.45, 7) is 1.83. The molecule has 0 aliphatic heterocycles. The van der Waals surface area contributed by atoms with Gasteiger partial charge in [-0.3, -0.25) is 10.1 Å². The van der Waals surface area contributed by atoms with E-state index in [1.165, 1.54) is 13.2 Å². The van der Waals surface area contributed by atoms with E-state index in [1.807, 2.05) is 0 Å². The molecule has 0 unspecified atom stereocenters. The van der Waals surface area contributed by atoms with E-state index < -0.39 is 10.7 Å². The van der Waals surface area contributed by atoms with E-state index in [2.05, 4.69) is 10.3 Å². The van der Waals surface area contributed by atoms with Crippen LogP contribution in [0.15, 0.2) is 30.5 Å². The van der Waals surface area contributed by atoms with Crippen LogP contribution in [0.1, 0.15) is 11.1 Å². The second kappa shape index (κ2) is 6.17. The van der Waals surface area contributed by atoms with Crippen molar-refractivity contribution < 1.29 is 14.1 Å². The Morgan fingerprint density at radius 1 is 1.48 bits per heavy atom. The SMILES string of the molecule is COc1ncccc1CNc1cc(C)c(F)cc1[N+](=O)[O-]. The third-order valence-corrected chi connectivity index (χ3v) is 2.99. The van der Waals surface area contributed by atoms with Crippen LogP contribution in [0.25, 0.3) is 0 Å². The molecule has 1 aromatic heterocycles. The molecular formula is C14H14FN3O3. The zero-order chi connectivity index (χ0) is 15.4. The van der Waals surface area contributed by atoms with Gasteiger partial charge in [-0.05, 0) is 24.6 Å². The lowest BCUT2D eigenvalue weighted by molar-refractivity contribution is -0.384. The summed E-state index contributed by atoms with van der Waals surface area (Å²) in [6, 6.07) is 5.86. The smallest absolute Gasteiger partial charge is 0.295 e. The van der Waals surface area contributed by atoms with Crippen molar-refractivity contribution >= 4 is 11.4 Å². The molecule has 1 N–H and O–H groups in total. The van der Waals surface area contributed by atoms with Gasteiger partial charge in [-0.25, -0.2) is 9.37 Å². The minimum atomic E-state index is -0.620. The van der Waals surface area contributed by atoms with Crippen LogP contribution in [0.3, 0.4) is 0 Å². The fourth-order valence-electron chi connectivity index (χ4n) is 1.90. The van der Waals surface area contributed by atoms with Crippen LogP contribution < -0.4 is 10.1 Å². The summed E-state index contributed by atoms with van der Waals surface area (Å²) in [5.41, 5.74) is 1.03. The lowest BCUT2D eigenvalue weighted by Gasteiger charge is -2.10. The Morgan fingerprint density at radius 3 is 2.90 bits per heavy atom. The zero-order valence-corrected chi connectivity index (χ0v) is 11.6. The quantitative estimate of drug-likeness (QED) is 0.676. The van der Waals surface area contributed by atoms with Gasteiger partial charge in [0, 0.05) is 18.3 Å². The van der Waals surface area contributed by atoms with Gasteiger partial charge in [0.25, 0.3) is 5.69 Å². The molecule has 2 aromatic rings. The van der Waals surface area contributed by atoms with Crippen molar-refractivity contribution in [2.45, 2.75) is 13.5 Å². The number of ether oxygens (including phenoxy) is 1. The Morgan fingerprint density at radius 2 is 2.24 bits per heavy atom. The number of nitrogens with one attached hydrogen (secondary N) is 1. The van der Waals surface area contributed by atoms with Crippen LogP contribution in [0.2, 0.25) is 0 Å². The first-order valence-electron chi connectivity index (χ1n) is 6.19. The molecule has 0 aliphatic carbocycles. The molecule has 2 rings (SSSR count). The van der Waals surface area contributed by atoms with Crippen molar-refractivity contribution in [3.05, 3.63) is 57.5 Å². The van der Waals surface area contributed by atoms with Gasteiger partial charge in [0.1, 0.15) is 11.5 Å². The van der Waals surface area contributed by atoms with Crippen molar-refractivity contribution in [2.75, 3.05) is 12.4 Å². The second-order valence-electron chi connectivity index (χ2n) is 4.40. The van der Waals surface area contributed by atoms with Gasteiger partial charge in [0.05, 0.1) is 18.1 Å². The molecule has 0 amide bonds. The van der Waals surface area contributed by atoms with Crippen molar-refractivity contribution in [1.82, 2.24) is 4.98 Å². The molecule has 0 fully saturated rings. The van der Waals surface area contributed by atoms with Crippen LogP contribution in [0.5, 0.6) is 5.88 Å². The topological polar surface area (TPSA) is 77.3 Å². The highest BCUT2D eigenvalue weighted by molar-refractivity contribution is 5.63. The van der Waals surface area contributed by atoms with Crippen LogP contribution in [-0.2, 0) is 6.54 Å². The summed E-state index contributed by atoms with van der Waals surface area (Å²) < 4.78 is 18.5. The molecule has 21 heavy (non-hydrogen) atoms. The van der Waals surface area contributed by atoms with Crippen LogP contribution >= 0.6 is 0 Å². The maximum absolute atomic E-state index is 13.4. The highest BCUT2D eigenvalue weighted by Gasteiger charge is 2.17. The summed E-state index contributed by atoms with van der Waals surface area (Å²) in [7, 11) is 1.50. The number of aryl methyl sites for hydroxylation is 1. The number of rotatable bonds is 5. The number of halogens is 1. The minimum absolute atomic E-state index is 0.254. The standard InChI is InChI=1S/C14H14FN3O3/c1-9-6-12(13(18(19)20)7-11(9)15)17-8-10-4-3-5-16-14(10)21-2/h3-7,17H,8H2,1-2H3. The Hall–Kier alpha value is -2.70. The van der Waals surface area contributed by atoms with E-state index in [0.717, 1.165) is 11.6 Å². The van der Waals surface area contributed by atoms with Gasteiger partial charge in [-0.1, -0.05) is 6.07 Å². The highest BCUT2D eigenvalue weighted by atomic mass is 19.1. The van der Waals surface area contributed by atoms with Gasteiger partial charge < -0.3 is 10.1 Å². The lowest BCUT2D eigenvalue weighted by Crippen LogP contribution is -2.05. The molecule has 0 saturated carbocycles. The summed E-state index contributed by atoms with van der Waals surface area (Å²) in [4.78, 5) is 14.4. The van der Waals surface area contributed by atoms with E-state index in [0.29, 0.717) is 11.4 Å². The van der Waals surface area contributed by atoms with Crippen molar-refractivity contribution in [3.63, 3.8) is 0 Å². The molecule has 1 heterocycles. The number of anilines is 1. The molecule has 0 bridgehead atoms. The number of nitrogens with zero attached hydrogens (tertiary/aromatic N) is 2. The van der Waals surface area contributed by atoms with E-state index in [4.69, 9.17) is 4.74 Å². The molecule has 0 aliphatic rings. The lowest BCUT2D eigenvalue weighted by atomic mass is 10.1. The summed E-state index contributed by atoms with van der Waals surface area (Å²) >= 11 is 0. The largest absolute Gasteiger partial charge is 0.481 e. The predicted octanol–water partition coefficient (Wildman–Crippen LogP) is 3.06. The number of nitro benzene ring substituents is 1. The number of nitro groups is 1. The summed E-state index contributed by atoms with van der Waals surface area (Å²) in [6.07, 6.45) is 1.59. The fraction of sp³-hybridized carbons (Fsp3) is 0.214. The van der Waals surface area contributed by atoms with Gasteiger partial charge in [-0.15, -0.1) is 0 Å². The summed E-state index contributed by atoms with van der Waals surface area (Å²) in [5.74, 6) is -0.169. The maximum atomic E-state index is 13.4. The van der Waals surface area contributed by atoms with E-state index >= 15 is 0 Å². The second-order valence-corrected chi connectivity index (χ2v) is 4.40. The van der Waals surface area contributed by atoms with Crippen LogP contribution in [-0.4, -0.2) is 17.0 Å². The van der Waals surface area contributed by atoms with Crippen LogP contribution in [0, 0.1) is 22.9 Å². The number of hydrogen-bond acceptors (Lipinski definition) is 5. The Balaban J connectivity index is 2.27. The van der Waals surface area contributed by atoms with Crippen LogP contribution in [0.4, 0.5) is 15.8 Å². The fourth-order valence-corrected chi connectivity index (χ4v) is 1.90. The number of methoxy groups -OCH3 is 1. The highest BCUT2D eigenvalue weighted by Crippen LogP contribution is 2.28. The van der Waals surface area contributed by atoms with Gasteiger partial charge in [0.15, 0.2) is 0 Å². The van der Waals surface area contributed by atoms with E-state index in [-0.39, 0.29) is 17.9 Å². The Labute approximate surface area is 120 Å². The molecule has 0 radical (unpaired) electrons. The maximum Gasteiger partial charge on any atom is 0.295 e. The average Bonchev–Trinajstić information content (AvgIpc) is 2.48. The van der Waals surface area contributed by atoms with E-state index in [1.54, 1.807) is 25.3 Å². The number of aromatic nitrogens is 1. The molecule has 6 nitrogen and oxygen atoms in total. The third-order valence-electron chi connectivity index (χ3n) is 2.99. The molecule has 0 saturated heterocycles. The molecule has 7 heteroatoms. The number of hydrogen-bond donors (Lipinski definition) is 1. The van der Waals surface area contributed by atoms with Crippen molar-refractivity contribution in [2.24, 2.45) is 0 Å². The molecular weight excluding hydrogens is 277 g/mol. The van der Waals surface area contributed by atoms with Gasteiger partial charge >= 0.3 is 0 Å². The van der Waals surface area contributed by atoms with Crippen molar-refractivity contribution in [3.8, 4) is 5.88 Å². The normalized spacial score (nSPS) is 10.2. The number of pyridine rings is 1. The summed E-state index contributed by atoms with van der Waals surface area (Å²) in [5, 5.41) is 13.9. The first kappa shape index (κ1) is 14.7.